The molecule has 1 N–H and O–H groups in total. The highest BCUT2D eigenvalue weighted by molar-refractivity contribution is 14.0. The molecule has 2 fully saturated rings. The van der Waals surface area contributed by atoms with Gasteiger partial charge in [0, 0.05) is 38.2 Å². The van der Waals surface area contributed by atoms with Crippen LogP contribution in [0.4, 0.5) is 0 Å². The first-order valence-electron chi connectivity index (χ1n) is 10.7. The van der Waals surface area contributed by atoms with Gasteiger partial charge in [-0.15, -0.1) is 24.0 Å². The molecule has 3 rings (SSSR count). The lowest BCUT2D eigenvalue weighted by Gasteiger charge is -2.29. The molecule has 2 aliphatic heterocycles. The Morgan fingerprint density at radius 1 is 1.21 bits per heavy atom. The summed E-state index contributed by atoms with van der Waals surface area (Å²) in [6, 6.07) is 8.64. The summed E-state index contributed by atoms with van der Waals surface area (Å²) >= 11 is 0. The minimum atomic E-state index is 0. The van der Waals surface area contributed by atoms with Crippen molar-refractivity contribution in [2.45, 2.75) is 32.2 Å². The summed E-state index contributed by atoms with van der Waals surface area (Å²) in [4.78, 5) is 10.0. The zero-order valence-electron chi connectivity index (χ0n) is 18.1. The van der Waals surface area contributed by atoms with Crippen molar-refractivity contribution in [3.05, 3.63) is 29.8 Å². The molecule has 0 saturated carbocycles. The Kier molecular flexibility index (Phi) is 10.5. The smallest absolute Gasteiger partial charge is 0.193 e. The first-order valence-corrected chi connectivity index (χ1v) is 10.7. The Morgan fingerprint density at radius 3 is 2.66 bits per heavy atom. The van der Waals surface area contributed by atoms with E-state index in [2.05, 4.69) is 40.2 Å². The minimum absolute atomic E-state index is 0. The van der Waals surface area contributed by atoms with Crippen molar-refractivity contribution < 1.29 is 9.47 Å². The number of benzene rings is 1. The third-order valence-electron chi connectivity index (χ3n) is 5.82. The highest BCUT2D eigenvalue weighted by Gasteiger charge is 2.28. The average molecular weight is 516 g/mol. The molecule has 0 aromatic heterocycles. The van der Waals surface area contributed by atoms with E-state index in [9.17, 15) is 0 Å². The van der Waals surface area contributed by atoms with Crippen LogP contribution in [-0.4, -0.2) is 75.9 Å². The zero-order valence-corrected chi connectivity index (χ0v) is 20.4. The number of para-hydroxylation sites is 1. The quantitative estimate of drug-likeness (QED) is 0.326. The Morgan fingerprint density at radius 2 is 1.97 bits per heavy atom. The fraction of sp³-hybridized carbons (Fsp3) is 0.682. The maximum Gasteiger partial charge on any atom is 0.193 e. The number of aliphatic imine (C=N–C) groups is 1. The van der Waals surface area contributed by atoms with E-state index in [1.807, 2.05) is 6.07 Å². The van der Waals surface area contributed by atoms with Crippen molar-refractivity contribution in [1.29, 1.82) is 0 Å². The molecule has 0 aliphatic carbocycles. The fourth-order valence-electron chi connectivity index (χ4n) is 4.40. The Bertz CT molecular complexity index is 637. The second-order valence-electron chi connectivity index (χ2n) is 7.75. The van der Waals surface area contributed by atoms with Gasteiger partial charge in [0.25, 0.3) is 0 Å². The topological polar surface area (TPSA) is 49.3 Å². The molecule has 2 heterocycles. The summed E-state index contributed by atoms with van der Waals surface area (Å²) < 4.78 is 11.0. The number of ether oxygens (including phenoxy) is 2. The van der Waals surface area contributed by atoms with Crippen molar-refractivity contribution >= 4 is 29.9 Å². The van der Waals surface area contributed by atoms with E-state index in [-0.39, 0.29) is 30.0 Å². The van der Waals surface area contributed by atoms with Gasteiger partial charge in [-0.2, -0.15) is 0 Å². The van der Waals surface area contributed by atoms with Crippen LogP contribution in [-0.2, 0) is 4.74 Å². The lowest BCUT2D eigenvalue weighted by Crippen LogP contribution is -2.41. The molecule has 2 aliphatic rings. The summed E-state index contributed by atoms with van der Waals surface area (Å²) in [5.41, 5.74) is 1.24. The predicted octanol–water partition coefficient (Wildman–Crippen LogP) is 3.38. The number of nitrogens with one attached hydrogen (secondary N) is 1. The molecule has 0 spiro atoms. The number of likely N-dealkylation sites (tertiary alicyclic amines) is 2. The first-order chi connectivity index (χ1) is 13.8. The Labute approximate surface area is 193 Å². The van der Waals surface area contributed by atoms with E-state index in [0.717, 1.165) is 57.6 Å². The highest BCUT2D eigenvalue weighted by Crippen LogP contribution is 2.32. The minimum Gasteiger partial charge on any atom is -0.496 e. The summed E-state index contributed by atoms with van der Waals surface area (Å²) in [6.45, 7) is 8.92. The molecule has 6 nitrogen and oxygen atoms in total. The SMILES string of the molecule is CCNC(=NCC(c1ccccc1OC)N1CCCC1)N1CCC(COC)C1.I. The molecule has 7 heteroatoms. The third kappa shape index (κ3) is 6.46. The van der Waals surface area contributed by atoms with Crippen molar-refractivity contribution in [2.75, 3.05) is 60.1 Å². The van der Waals surface area contributed by atoms with Gasteiger partial charge in [0.2, 0.25) is 0 Å². The zero-order chi connectivity index (χ0) is 19.8. The van der Waals surface area contributed by atoms with E-state index in [0.29, 0.717) is 5.92 Å². The monoisotopic (exact) mass is 516 g/mol. The molecule has 2 saturated heterocycles. The van der Waals surface area contributed by atoms with Crippen LogP contribution in [0.1, 0.15) is 37.8 Å². The lowest BCUT2D eigenvalue weighted by atomic mass is 10.0. The molecular weight excluding hydrogens is 479 g/mol. The maximum absolute atomic E-state index is 5.67. The van der Waals surface area contributed by atoms with Gasteiger partial charge in [0.05, 0.1) is 26.3 Å². The Hall–Kier alpha value is -1.06. The van der Waals surface area contributed by atoms with E-state index in [1.165, 1.54) is 24.8 Å². The number of guanidine groups is 1. The van der Waals surface area contributed by atoms with E-state index >= 15 is 0 Å². The number of hydrogen-bond donors (Lipinski definition) is 1. The number of nitrogens with zero attached hydrogens (tertiary/aromatic N) is 3. The third-order valence-corrected chi connectivity index (χ3v) is 5.82. The van der Waals surface area contributed by atoms with Crippen molar-refractivity contribution in [1.82, 2.24) is 15.1 Å². The van der Waals surface area contributed by atoms with Crippen LogP contribution in [0.25, 0.3) is 0 Å². The van der Waals surface area contributed by atoms with Crippen LogP contribution in [0, 0.1) is 5.92 Å². The van der Waals surface area contributed by atoms with Gasteiger partial charge in [0.1, 0.15) is 5.75 Å². The summed E-state index contributed by atoms with van der Waals surface area (Å²) in [5, 5.41) is 3.50. The van der Waals surface area contributed by atoms with Crippen LogP contribution >= 0.6 is 24.0 Å². The van der Waals surface area contributed by atoms with Gasteiger partial charge in [-0.3, -0.25) is 9.89 Å². The van der Waals surface area contributed by atoms with Crippen molar-refractivity contribution in [3.63, 3.8) is 0 Å². The normalized spacial score (nSPS) is 21.1. The van der Waals surface area contributed by atoms with E-state index < -0.39 is 0 Å². The molecule has 0 bridgehead atoms. The van der Waals surface area contributed by atoms with E-state index in [4.69, 9.17) is 14.5 Å². The van der Waals surface area contributed by atoms with Crippen LogP contribution in [0.15, 0.2) is 29.3 Å². The van der Waals surface area contributed by atoms with Gasteiger partial charge < -0.3 is 19.7 Å². The molecule has 1 aromatic carbocycles. The van der Waals surface area contributed by atoms with Crippen LogP contribution in [0.3, 0.4) is 0 Å². The van der Waals surface area contributed by atoms with Crippen LogP contribution in [0.2, 0.25) is 0 Å². The molecular formula is C22H37IN4O2. The second kappa shape index (κ2) is 12.6. The summed E-state index contributed by atoms with van der Waals surface area (Å²) in [7, 11) is 3.54. The number of halogens is 1. The van der Waals surface area contributed by atoms with Gasteiger partial charge in [-0.25, -0.2) is 0 Å². The predicted molar refractivity (Wildman–Crippen MR) is 129 cm³/mol. The Balaban J connectivity index is 0.00000300. The molecule has 2 atom stereocenters. The van der Waals surface area contributed by atoms with E-state index in [1.54, 1.807) is 14.2 Å². The van der Waals surface area contributed by atoms with Gasteiger partial charge in [-0.1, -0.05) is 18.2 Å². The number of methoxy groups -OCH3 is 2. The summed E-state index contributed by atoms with van der Waals surface area (Å²) in [6.07, 6.45) is 3.70. The molecule has 29 heavy (non-hydrogen) atoms. The fourth-order valence-corrected chi connectivity index (χ4v) is 4.40. The summed E-state index contributed by atoms with van der Waals surface area (Å²) in [5.74, 6) is 2.58. The first kappa shape index (κ1) is 24.2. The van der Waals surface area contributed by atoms with Gasteiger partial charge in [0.15, 0.2) is 5.96 Å². The molecule has 0 radical (unpaired) electrons. The van der Waals surface area contributed by atoms with Crippen LogP contribution < -0.4 is 10.1 Å². The molecule has 2 unspecified atom stereocenters. The molecule has 1 aromatic rings. The highest BCUT2D eigenvalue weighted by atomic mass is 127. The second-order valence-corrected chi connectivity index (χ2v) is 7.75. The number of hydrogen-bond acceptors (Lipinski definition) is 4. The average Bonchev–Trinajstić information content (AvgIpc) is 3.40. The molecule has 164 valence electrons. The molecule has 0 amide bonds. The number of rotatable bonds is 8. The standard InChI is InChI=1S/C22H36N4O2.HI/c1-4-23-22(26-14-11-18(16-26)17-27-2)24-15-20(25-12-7-8-13-25)19-9-5-6-10-21(19)28-3;/h5-6,9-10,18,20H,4,7-8,11-17H2,1-3H3,(H,23,24);1H. The largest absolute Gasteiger partial charge is 0.496 e. The maximum atomic E-state index is 5.67. The van der Waals surface area contributed by atoms with Crippen molar-refractivity contribution in [2.24, 2.45) is 10.9 Å². The van der Waals surface area contributed by atoms with Gasteiger partial charge >= 0.3 is 0 Å². The van der Waals surface area contributed by atoms with Crippen molar-refractivity contribution in [3.8, 4) is 5.75 Å². The van der Waals surface area contributed by atoms with Crippen LogP contribution in [0.5, 0.6) is 5.75 Å². The lowest BCUT2D eigenvalue weighted by molar-refractivity contribution is 0.157. The van der Waals surface area contributed by atoms with Gasteiger partial charge in [-0.05, 0) is 45.3 Å².